The van der Waals surface area contributed by atoms with Gasteiger partial charge < -0.3 is 5.32 Å². The number of likely N-dealkylation sites (tertiary alicyclic amines) is 1. The highest BCUT2D eigenvalue weighted by atomic mass is 19.4. The van der Waals surface area contributed by atoms with Gasteiger partial charge in [0.15, 0.2) is 0 Å². The van der Waals surface area contributed by atoms with Gasteiger partial charge in [0.2, 0.25) is 0 Å². The molecule has 0 amide bonds. The summed E-state index contributed by atoms with van der Waals surface area (Å²) in [5.41, 5.74) is 0.324. The summed E-state index contributed by atoms with van der Waals surface area (Å²) < 4.78 is 37.4. The standard InChI is InChI=1S/C15H19F3N2/c16-15(17,18)12-3-1-11(2-4-12)9-19-13-7-8-20(10-13)14-5-6-14/h1-4,13-14,19H,5-10H2. The molecule has 0 spiro atoms. The molecule has 1 N–H and O–H groups in total. The van der Waals surface area contributed by atoms with Crippen LogP contribution in [0.1, 0.15) is 30.4 Å². The van der Waals surface area contributed by atoms with Crippen LogP contribution in [0.5, 0.6) is 0 Å². The van der Waals surface area contributed by atoms with E-state index in [-0.39, 0.29) is 0 Å². The lowest BCUT2D eigenvalue weighted by Crippen LogP contribution is -2.32. The summed E-state index contributed by atoms with van der Waals surface area (Å²) in [6, 6.07) is 6.70. The van der Waals surface area contributed by atoms with Crippen molar-refractivity contribution in [3.8, 4) is 0 Å². The molecule has 1 atom stereocenters. The van der Waals surface area contributed by atoms with E-state index in [1.165, 1.54) is 12.8 Å². The number of nitrogens with zero attached hydrogens (tertiary/aromatic N) is 1. The third kappa shape index (κ3) is 3.33. The first kappa shape index (κ1) is 13.9. The molecule has 1 heterocycles. The third-order valence-corrected chi connectivity index (χ3v) is 4.16. The van der Waals surface area contributed by atoms with E-state index in [1.807, 2.05) is 0 Å². The van der Waals surface area contributed by atoms with E-state index in [2.05, 4.69) is 10.2 Å². The summed E-state index contributed by atoms with van der Waals surface area (Å²) in [6.45, 7) is 2.86. The van der Waals surface area contributed by atoms with Crippen molar-refractivity contribution in [1.82, 2.24) is 10.2 Å². The molecule has 110 valence electrons. The molecule has 20 heavy (non-hydrogen) atoms. The first-order valence-electron chi connectivity index (χ1n) is 7.16. The summed E-state index contributed by atoms with van der Waals surface area (Å²) >= 11 is 0. The minimum Gasteiger partial charge on any atom is -0.309 e. The summed E-state index contributed by atoms with van der Waals surface area (Å²) in [7, 11) is 0. The van der Waals surface area contributed by atoms with Crippen molar-refractivity contribution in [3.63, 3.8) is 0 Å². The smallest absolute Gasteiger partial charge is 0.309 e. The van der Waals surface area contributed by atoms with Crippen LogP contribution in [0.15, 0.2) is 24.3 Å². The maximum Gasteiger partial charge on any atom is 0.416 e. The molecule has 2 aliphatic rings. The van der Waals surface area contributed by atoms with Gasteiger partial charge in [-0.15, -0.1) is 0 Å². The zero-order valence-corrected chi connectivity index (χ0v) is 11.3. The van der Waals surface area contributed by atoms with Crippen molar-refractivity contribution in [2.45, 2.75) is 44.1 Å². The maximum absolute atomic E-state index is 12.5. The first-order valence-corrected chi connectivity index (χ1v) is 7.16. The Labute approximate surface area is 117 Å². The summed E-state index contributed by atoms with van der Waals surface area (Å²) in [6.07, 6.45) is -0.462. The molecule has 1 aliphatic heterocycles. The third-order valence-electron chi connectivity index (χ3n) is 4.16. The van der Waals surface area contributed by atoms with Gasteiger partial charge in [0, 0.05) is 31.7 Å². The Hall–Kier alpha value is -1.07. The minimum atomic E-state index is -4.25. The lowest BCUT2D eigenvalue weighted by molar-refractivity contribution is -0.137. The molecular formula is C15H19F3N2. The van der Waals surface area contributed by atoms with E-state index in [1.54, 1.807) is 12.1 Å². The zero-order chi connectivity index (χ0) is 14.2. The van der Waals surface area contributed by atoms with Crippen LogP contribution in [0.4, 0.5) is 13.2 Å². The number of nitrogens with one attached hydrogen (secondary N) is 1. The molecule has 1 aliphatic carbocycles. The van der Waals surface area contributed by atoms with Crippen molar-refractivity contribution in [2.24, 2.45) is 0 Å². The van der Waals surface area contributed by atoms with Crippen LogP contribution in [-0.4, -0.2) is 30.1 Å². The highest BCUT2D eigenvalue weighted by molar-refractivity contribution is 5.24. The summed E-state index contributed by atoms with van der Waals surface area (Å²) in [5, 5.41) is 3.45. The van der Waals surface area contributed by atoms with Crippen molar-refractivity contribution in [2.75, 3.05) is 13.1 Å². The maximum atomic E-state index is 12.5. The number of alkyl halides is 3. The van der Waals surface area contributed by atoms with Crippen molar-refractivity contribution >= 4 is 0 Å². The highest BCUT2D eigenvalue weighted by Crippen LogP contribution is 2.30. The Balaban J connectivity index is 1.48. The SMILES string of the molecule is FC(F)(F)c1ccc(CNC2CCN(C3CC3)C2)cc1. The minimum absolute atomic E-state index is 0.470. The molecule has 1 saturated heterocycles. The molecule has 0 bridgehead atoms. The van der Waals surface area contributed by atoms with Gasteiger partial charge in [-0.1, -0.05) is 12.1 Å². The molecule has 2 fully saturated rings. The average molecular weight is 284 g/mol. The molecule has 1 aromatic rings. The second kappa shape index (κ2) is 5.37. The van der Waals surface area contributed by atoms with E-state index in [9.17, 15) is 13.2 Å². The van der Waals surface area contributed by atoms with Gasteiger partial charge >= 0.3 is 6.18 Å². The molecule has 1 aromatic carbocycles. The molecule has 5 heteroatoms. The van der Waals surface area contributed by atoms with E-state index in [4.69, 9.17) is 0 Å². The second-order valence-corrected chi connectivity index (χ2v) is 5.79. The average Bonchev–Trinajstić information content (AvgIpc) is 3.15. The lowest BCUT2D eigenvalue weighted by Gasteiger charge is -2.16. The van der Waals surface area contributed by atoms with Crippen molar-refractivity contribution in [3.05, 3.63) is 35.4 Å². The molecule has 3 rings (SSSR count). The first-order chi connectivity index (χ1) is 9.52. The van der Waals surface area contributed by atoms with Gasteiger partial charge in [0.05, 0.1) is 5.56 Å². The van der Waals surface area contributed by atoms with Gasteiger partial charge in [-0.05, 0) is 37.0 Å². The van der Waals surface area contributed by atoms with Gasteiger partial charge in [-0.25, -0.2) is 0 Å². The van der Waals surface area contributed by atoms with Gasteiger partial charge in [-0.3, -0.25) is 4.90 Å². The molecular weight excluding hydrogens is 265 g/mol. The van der Waals surface area contributed by atoms with Crippen LogP contribution in [0, 0.1) is 0 Å². The Morgan fingerprint density at radius 2 is 1.80 bits per heavy atom. The largest absolute Gasteiger partial charge is 0.416 e. The van der Waals surface area contributed by atoms with Crippen LogP contribution >= 0.6 is 0 Å². The number of halogens is 3. The summed E-state index contributed by atoms with van der Waals surface area (Å²) in [4.78, 5) is 2.52. The molecule has 1 unspecified atom stereocenters. The fourth-order valence-electron chi connectivity index (χ4n) is 2.80. The van der Waals surface area contributed by atoms with Crippen molar-refractivity contribution < 1.29 is 13.2 Å². The predicted molar refractivity (Wildman–Crippen MR) is 71.3 cm³/mol. The van der Waals surface area contributed by atoms with Gasteiger partial charge in [0.1, 0.15) is 0 Å². The molecule has 2 nitrogen and oxygen atoms in total. The second-order valence-electron chi connectivity index (χ2n) is 5.79. The Morgan fingerprint density at radius 3 is 2.40 bits per heavy atom. The predicted octanol–water partition coefficient (Wildman–Crippen LogP) is 3.03. The topological polar surface area (TPSA) is 15.3 Å². The monoisotopic (exact) mass is 284 g/mol. The Kier molecular flexibility index (Phi) is 3.73. The van der Waals surface area contributed by atoms with E-state index in [0.717, 1.165) is 43.2 Å². The van der Waals surface area contributed by atoms with Crippen LogP contribution < -0.4 is 5.32 Å². The van der Waals surface area contributed by atoms with E-state index < -0.39 is 11.7 Å². The van der Waals surface area contributed by atoms with E-state index in [0.29, 0.717) is 12.6 Å². The van der Waals surface area contributed by atoms with Gasteiger partial charge in [-0.2, -0.15) is 13.2 Å². The fraction of sp³-hybridized carbons (Fsp3) is 0.600. The quantitative estimate of drug-likeness (QED) is 0.914. The van der Waals surface area contributed by atoms with Crippen LogP contribution in [-0.2, 0) is 12.7 Å². The Bertz CT molecular complexity index is 451. The number of hydrogen-bond donors (Lipinski definition) is 1. The summed E-state index contributed by atoms with van der Waals surface area (Å²) in [5.74, 6) is 0. The number of hydrogen-bond acceptors (Lipinski definition) is 2. The zero-order valence-electron chi connectivity index (χ0n) is 11.3. The molecule has 0 radical (unpaired) electrons. The number of rotatable bonds is 4. The van der Waals surface area contributed by atoms with Crippen LogP contribution in [0.25, 0.3) is 0 Å². The number of benzene rings is 1. The normalized spacial score (nSPS) is 24.2. The molecule has 1 saturated carbocycles. The van der Waals surface area contributed by atoms with Crippen LogP contribution in [0.3, 0.4) is 0 Å². The highest BCUT2D eigenvalue weighted by Gasteiger charge is 2.34. The van der Waals surface area contributed by atoms with Crippen LogP contribution in [0.2, 0.25) is 0 Å². The lowest BCUT2D eigenvalue weighted by atomic mass is 10.1. The fourth-order valence-corrected chi connectivity index (χ4v) is 2.80. The molecule has 0 aromatic heterocycles. The van der Waals surface area contributed by atoms with E-state index >= 15 is 0 Å². The van der Waals surface area contributed by atoms with Crippen molar-refractivity contribution in [1.29, 1.82) is 0 Å². The van der Waals surface area contributed by atoms with Gasteiger partial charge in [0.25, 0.3) is 0 Å². The Morgan fingerprint density at radius 1 is 1.10 bits per heavy atom.